The summed E-state index contributed by atoms with van der Waals surface area (Å²) in [6.45, 7) is 0. The molecule has 0 aliphatic heterocycles. The Morgan fingerprint density at radius 2 is 0.957 bits per heavy atom. The second-order valence-corrected chi connectivity index (χ2v) is 11.1. The number of para-hydroxylation sites is 3. The van der Waals surface area contributed by atoms with E-state index in [2.05, 4.69) is 0 Å². The van der Waals surface area contributed by atoms with Crippen molar-refractivity contribution >= 4 is 32.6 Å². The Kier molecular flexibility index (Phi) is 4.74. The highest BCUT2D eigenvalue weighted by molar-refractivity contribution is 6.10. The third kappa shape index (κ3) is 4.66. The molecule has 0 radical (unpaired) electrons. The summed E-state index contributed by atoms with van der Waals surface area (Å²) in [6, 6.07) is 34.8. The van der Waals surface area contributed by atoms with Crippen LogP contribution in [-0.2, 0) is 0 Å². The van der Waals surface area contributed by atoms with Crippen molar-refractivity contribution in [3.8, 4) is 51.0 Å². The van der Waals surface area contributed by atoms with Gasteiger partial charge in [0, 0.05) is 33.0 Å². The molecule has 0 saturated heterocycles. The van der Waals surface area contributed by atoms with Crippen LogP contribution in [0.25, 0.3) is 83.6 Å². The molecule has 2 heterocycles. The summed E-state index contributed by atoms with van der Waals surface area (Å²) in [6.07, 6.45) is 0. The van der Waals surface area contributed by atoms with Crippen molar-refractivity contribution in [2.45, 2.75) is 0 Å². The Labute approximate surface area is 283 Å². The molecule has 0 atom stereocenters. The molecule has 0 aliphatic rings. The first kappa shape index (κ1) is 19.9. The van der Waals surface area contributed by atoms with Gasteiger partial charge in [0.05, 0.1) is 27.7 Å². The third-order valence-corrected chi connectivity index (χ3v) is 8.29. The average Bonchev–Trinajstić information content (AvgIpc) is 3.59. The van der Waals surface area contributed by atoms with Crippen molar-refractivity contribution in [3.63, 3.8) is 0 Å². The van der Waals surface area contributed by atoms with Crippen molar-refractivity contribution in [1.82, 2.24) is 19.5 Å². The van der Waals surface area contributed by atoms with Crippen LogP contribution in [-0.4, -0.2) is 19.5 Å². The lowest BCUT2D eigenvalue weighted by Crippen LogP contribution is -2.05. The molecule has 0 saturated carbocycles. The molecule has 2 aromatic heterocycles. The maximum atomic E-state index is 9.28. The molecule has 4 heteroatoms. The fraction of sp³-hybridized carbons (Fsp3) is 0. The molecular weight excluding hydrogens is 573 g/mol. The lowest BCUT2D eigenvalue weighted by atomic mass is 9.96. The SMILES string of the molecule is [2H]c1c([2H])c([2H])c2c(c1[2H])c1c([2H])c([2H])c([2H])c([2H])c1n2-c1c(-c2ccc3ccccc3c2)cccc1-c1nc(-c2ccccc2)nc(-c2ccccc2)n1. The van der Waals surface area contributed by atoms with E-state index in [1.54, 1.807) is 4.57 Å². The second kappa shape index (κ2) is 11.2. The van der Waals surface area contributed by atoms with Gasteiger partial charge in [0.15, 0.2) is 17.5 Å². The highest BCUT2D eigenvalue weighted by Gasteiger charge is 2.22. The molecule has 0 unspecified atom stereocenters. The highest BCUT2D eigenvalue weighted by Crippen LogP contribution is 2.41. The molecule has 0 amide bonds. The number of fused-ring (bicyclic) bond motifs is 4. The first-order chi connectivity index (χ1) is 26.6. The first-order valence-electron chi connectivity index (χ1n) is 19.1. The van der Waals surface area contributed by atoms with Gasteiger partial charge in [-0.25, -0.2) is 15.0 Å². The molecule has 220 valence electrons. The van der Waals surface area contributed by atoms with E-state index in [0.29, 0.717) is 28.5 Å². The van der Waals surface area contributed by atoms with E-state index in [9.17, 15) is 2.74 Å². The minimum atomic E-state index is -0.510. The molecule has 0 N–H and O–H groups in total. The van der Waals surface area contributed by atoms with Gasteiger partial charge in [-0.3, -0.25) is 0 Å². The van der Waals surface area contributed by atoms with Crippen LogP contribution >= 0.6 is 0 Å². The molecule has 7 aromatic carbocycles. The molecule has 0 aliphatic carbocycles. The fourth-order valence-corrected chi connectivity index (χ4v) is 6.13. The predicted molar refractivity (Wildman–Crippen MR) is 193 cm³/mol. The van der Waals surface area contributed by atoms with E-state index < -0.39 is 48.3 Å². The molecule has 4 nitrogen and oxygen atoms in total. The molecule has 9 aromatic rings. The molecule has 0 fully saturated rings. The van der Waals surface area contributed by atoms with Gasteiger partial charge in [0.25, 0.3) is 0 Å². The monoisotopic (exact) mass is 608 g/mol. The minimum Gasteiger partial charge on any atom is -0.308 e. The van der Waals surface area contributed by atoms with E-state index in [0.717, 1.165) is 27.5 Å². The summed E-state index contributed by atoms with van der Waals surface area (Å²) in [7, 11) is 0. The quantitative estimate of drug-likeness (QED) is 0.195. The minimum absolute atomic E-state index is 0.00288. The van der Waals surface area contributed by atoms with Gasteiger partial charge in [-0.05, 0) is 40.6 Å². The summed E-state index contributed by atoms with van der Waals surface area (Å²) in [5, 5.41) is 1.94. The van der Waals surface area contributed by atoms with E-state index in [-0.39, 0.29) is 27.6 Å². The first-order valence-corrected chi connectivity index (χ1v) is 15.1. The summed E-state index contributed by atoms with van der Waals surface area (Å²) < 4.78 is 72.9. The molecule has 9 rings (SSSR count). The largest absolute Gasteiger partial charge is 0.308 e. The molecule has 47 heavy (non-hydrogen) atoms. The van der Waals surface area contributed by atoms with Crippen LogP contribution in [0.1, 0.15) is 11.0 Å². The Balaban J connectivity index is 1.50. The number of benzene rings is 7. The maximum absolute atomic E-state index is 9.28. The zero-order valence-corrected chi connectivity index (χ0v) is 24.8. The predicted octanol–water partition coefficient (Wildman–Crippen LogP) is 10.8. The number of hydrogen-bond acceptors (Lipinski definition) is 3. The van der Waals surface area contributed by atoms with E-state index in [4.69, 9.17) is 23.2 Å². The van der Waals surface area contributed by atoms with Crippen molar-refractivity contribution in [2.24, 2.45) is 0 Å². The van der Waals surface area contributed by atoms with Crippen LogP contribution in [0.2, 0.25) is 0 Å². The van der Waals surface area contributed by atoms with E-state index in [1.165, 1.54) is 0 Å². The van der Waals surface area contributed by atoms with Crippen LogP contribution in [0.3, 0.4) is 0 Å². The van der Waals surface area contributed by atoms with Gasteiger partial charge in [-0.15, -0.1) is 0 Å². The van der Waals surface area contributed by atoms with Crippen molar-refractivity contribution in [1.29, 1.82) is 0 Å². The zero-order chi connectivity index (χ0) is 38.1. The number of nitrogens with zero attached hydrogens (tertiary/aromatic N) is 4. The lowest BCUT2D eigenvalue weighted by molar-refractivity contribution is 1.06. The summed E-state index contributed by atoms with van der Waals surface area (Å²) in [4.78, 5) is 14.9. The van der Waals surface area contributed by atoms with Gasteiger partial charge < -0.3 is 4.57 Å². The van der Waals surface area contributed by atoms with E-state index >= 15 is 0 Å². The van der Waals surface area contributed by atoms with Gasteiger partial charge in [0.1, 0.15) is 0 Å². The Morgan fingerprint density at radius 1 is 0.426 bits per heavy atom. The van der Waals surface area contributed by atoms with Crippen LogP contribution < -0.4 is 0 Å². The zero-order valence-electron chi connectivity index (χ0n) is 32.8. The normalized spacial score (nSPS) is 13.8. The van der Waals surface area contributed by atoms with Crippen molar-refractivity contribution < 1.29 is 11.0 Å². The van der Waals surface area contributed by atoms with Crippen molar-refractivity contribution in [3.05, 3.63) is 170 Å². The highest BCUT2D eigenvalue weighted by atomic mass is 15.1. The van der Waals surface area contributed by atoms with Crippen LogP contribution in [0.15, 0.2) is 170 Å². The van der Waals surface area contributed by atoms with Crippen LogP contribution in [0.5, 0.6) is 0 Å². The summed E-state index contributed by atoms with van der Waals surface area (Å²) >= 11 is 0. The third-order valence-electron chi connectivity index (χ3n) is 8.29. The topological polar surface area (TPSA) is 43.6 Å². The Morgan fingerprint density at radius 3 is 1.60 bits per heavy atom. The standard InChI is InChI=1S/C43H28N4/c1-3-15-30(16-4-1)41-44-42(31-17-5-2-6-18-31)46-43(45-41)37-23-13-22-34(33-27-26-29-14-7-8-19-32(29)28-33)40(37)47-38-24-11-9-20-35(38)36-21-10-12-25-39(36)47/h1-28H/i9D,10D,11D,12D,20D,21D,24D,25D. The Hall–Kier alpha value is -6.39. The van der Waals surface area contributed by atoms with Crippen molar-refractivity contribution in [2.75, 3.05) is 0 Å². The number of hydrogen-bond donors (Lipinski definition) is 0. The lowest BCUT2D eigenvalue weighted by Gasteiger charge is -2.19. The fourth-order valence-electron chi connectivity index (χ4n) is 6.13. The van der Waals surface area contributed by atoms with Gasteiger partial charge in [0.2, 0.25) is 0 Å². The maximum Gasteiger partial charge on any atom is 0.166 e. The van der Waals surface area contributed by atoms with Gasteiger partial charge in [-0.2, -0.15) is 0 Å². The Bertz CT molecular complexity index is 2890. The van der Waals surface area contributed by atoms with Crippen LogP contribution in [0, 0.1) is 0 Å². The van der Waals surface area contributed by atoms with Crippen LogP contribution in [0.4, 0.5) is 0 Å². The summed E-state index contributed by atoms with van der Waals surface area (Å²) in [5.74, 6) is 1.05. The average molecular weight is 609 g/mol. The smallest absolute Gasteiger partial charge is 0.166 e. The van der Waals surface area contributed by atoms with E-state index in [1.807, 2.05) is 121 Å². The number of aromatic nitrogens is 4. The van der Waals surface area contributed by atoms with Gasteiger partial charge in [-0.1, -0.05) is 145 Å². The number of rotatable bonds is 5. The summed E-state index contributed by atoms with van der Waals surface area (Å²) in [5.41, 5.74) is 3.69. The second-order valence-electron chi connectivity index (χ2n) is 11.1. The van der Waals surface area contributed by atoms with Gasteiger partial charge >= 0.3 is 0 Å². The molecule has 0 bridgehead atoms. The molecular formula is C43H28N4. The molecule has 0 spiro atoms.